The van der Waals surface area contributed by atoms with Crippen LogP contribution in [0.3, 0.4) is 0 Å². The third kappa shape index (κ3) is 9.59. The van der Waals surface area contributed by atoms with E-state index in [9.17, 15) is 4.79 Å². The average Bonchev–Trinajstić information content (AvgIpc) is 2.79. The maximum absolute atomic E-state index is 10.2. The second-order valence-corrected chi connectivity index (χ2v) is 6.87. The summed E-state index contributed by atoms with van der Waals surface area (Å²) in [6.07, 6.45) is 5.35. The van der Waals surface area contributed by atoms with Crippen LogP contribution in [0.4, 0.5) is 0 Å². The molecule has 4 nitrogen and oxygen atoms in total. The first-order valence-corrected chi connectivity index (χ1v) is 8.20. The second kappa shape index (κ2) is 9.65. The molecular weight excluding hydrogens is 278 g/mol. The van der Waals surface area contributed by atoms with Gasteiger partial charge < -0.3 is 9.15 Å². The van der Waals surface area contributed by atoms with Gasteiger partial charge in [0.1, 0.15) is 11.4 Å². The Bertz CT molecular complexity index is 432. The quantitative estimate of drug-likeness (QED) is 0.696. The van der Waals surface area contributed by atoms with E-state index < -0.39 is 0 Å². The van der Waals surface area contributed by atoms with E-state index in [0.29, 0.717) is 5.92 Å². The lowest BCUT2D eigenvalue weighted by Crippen LogP contribution is -2.21. The van der Waals surface area contributed by atoms with Crippen molar-refractivity contribution >= 4 is 5.97 Å². The Balaban J connectivity index is 0.000000472. The van der Waals surface area contributed by atoms with Crippen LogP contribution in [0.5, 0.6) is 0 Å². The Labute approximate surface area is 135 Å². The van der Waals surface area contributed by atoms with Crippen molar-refractivity contribution in [2.45, 2.75) is 86.2 Å². The molecule has 1 aromatic heterocycles. The minimum absolute atomic E-state index is 0.225. The number of nitrogens with zero attached hydrogens (tertiary/aromatic N) is 1. The van der Waals surface area contributed by atoms with Crippen molar-refractivity contribution < 1.29 is 13.9 Å². The Morgan fingerprint density at radius 2 is 1.91 bits per heavy atom. The number of oxazole rings is 1. The van der Waals surface area contributed by atoms with Crippen LogP contribution in [0.1, 0.15) is 85.3 Å². The fourth-order valence-electron chi connectivity index (χ4n) is 2.09. The van der Waals surface area contributed by atoms with Crippen molar-refractivity contribution in [1.82, 2.24) is 4.98 Å². The van der Waals surface area contributed by atoms with Gasteiger partial charge in [0.25, 0.3) is 0 Å². The zero-order chi connectivity index (χ0) is 17.3. The average molecular weight is 311 g/mol. The molecule has 22 heavy (non-hydrogen) atoms. The van der Waals surface area contributed by atoms with Gasteiger partial charge in [0.2, 0.25) is 0 Å². The number of hydrogen-bond donors (Lipinski definition) is 0. The summed E-state index contributed by atoms with van der Waals surface area (Å²) >= 11 is 0. The van der Waals surface area contributed by atoms with Crippen LogP contribution < -0.4 is 0 Å². The molecule has 0 bridgehead atoms. The second-order valence-electron chi connectivity index (χ2n) is 6.87. The van der Waals surface area contributed by atoms with Crippen LogP contribution in [0, 0.1) is 12.8 Å². The highest BCUT2D eigenvalue weighted by Gasteiger charge is 2.17. The van der Waals surface area contributed by atoms with Gasteiger partial charge >= 0.3 is 5.97 Å². The van der Waals surface area contributed by atoms with Crippen LogP contribution in [0.15, 0.2) is 10.6 Å². The molecule has 0 N–H and O–H groups in total. The molecule has 0 radical (unpaired) electrons. The molecule has 0 aliphatic rings. The summed E-state index contributed by atoms with van der Waals surface area (Å²) in [5.74, 6) is 2.87. The lowest BCUT2D eigenvalue weighted by atomic mass is 9.92. The third-order valence-corrected chi connectivity index (χ3v) is 3.31. The van der Waals surface area contributed by atoms with Gasteiger partial charge in [-0.2, -0.15) is 0 Å². The molecular formula is C18H33NO3. The lowest BCUT2D eigenvalue weighted by Gasteiger charge is -2.17. The van der Waals surface area contributed by atoms with E-state index in [1.165, 1.54) is 19.8 Å². The van der Waals surface area contributed by atoms with Crippen molar-refractivity contribution in [3.63, 3.8) is 0 Å². The summed E-state index contributed by atoms with van der Waals surface area (Å²) in [7, 11) is 0. The van der Waals surface area contributed by atoms with Gasteiger partial charge in [-0.3, -0.25) is 4.79 Å². The monoisotopic (exact) mass is 311 g/mol. The fraction of sp³-hybridized carbons (Fsp3) is 0.778. The van der Waals surface area contributed by atoms with Crippen molar-refractivity contribution in [2.24, 2.45) is 5.92 Å². The van der Waals surface area contributed by atoms with Gasteiger partial charge in [-0.15, -0.1) is 0 Å². The number of carbonyl (C=O) groups is 1. The van der Waals surface area contributed by atoms with E-state index in [1.807, 2.05) is 33.9 Å². The van der Waals surface area contributed by atoms with E-state index in [1.54, 1.807) is 0 Å². The van der Waals surface area contributed by atoms with Crippen LogP contribution in [0.2, 0.25) is 0 Å². The Morgan fingerprint density at radius 1 is 1.32 bits per heavy atom. The molecule has 1 rings (SSSR count). The first kappa shape index (κ1) is 20.7. The molecule has 0 aliphatic heterocycles. The number of ether oxygens (including phenoxy) is 1. The normalized spacial score (nSPS) is 13.8. The fourth-order valence-corrected chi connectivity index (χ4v) is 2.09. The number of rotatable bonds is 5. The van der Waals surface area contributed by atoms with Crippen LogP contribution >= 0.6 is 0 Å². The predicted octanol–water partition coefficient (Wildman–Crippen LogP) is 5.26. The zero-order valence-electron chi connectivity index (χ0n) is 15.5. The highest BCUT2D eigenvalue weighted by Crippen LogP contribution is 2.27. The van der Waals surface area contributed by atoms with Gasteiger partial charge in [0.15, 0.2) is 5.89 Å². The molecule has 0 saturated carbocycles. The van der Waals surface area contributed by atoms with E-state index in [4.69, 9.17) is 9.15 Å². The third-order valence-electron chi connectivity index (χ3n) is 3.31. The molecule has 1 heterocycles. The zero-order valence-corrected chi connectivity index (χ0v) is 15.5. The number of esters is 1. The Morgan fingerprint density at radius 3 is 2.18 bits per heavy atom. The summed E-state index contributed by atoms with van der Waals surface area (Å²) in [4.78, 5) is 14.5. The summed E-state index contributed by atoms with van der Waals surface area (Å²) in [5, 5.41) is 0. The van der Waals surface area contributed by atoms with E-state index in [0.717, 1.165) is 24.0 Å². The molecule has 1 aromatic rings. The minimum Gasteiger partial charge on any atom is -0.460 e. The number of aryl methyl sites for hydroxylation is 1. The first-order chi connectivity index (χ1) is 10.1. The maximum Gasteiger partial charge on any atom is 0.303 e. The maximum atomic E-state index is 10.2. The number of hydrogen-bond acceptors (Lipinski definition) is 4. The summed E-state index contributed by atoms with van der Waals surface area (Å²) in [6, 6.07) is 0. The highest BCUT2D eigenvalue weighted by molar-refractivity contribution is 5.66. The number of aromatic nitrogens is 1. The van der Waals surface area contributed by atoms with E-state index >= 15 is 0 Å². The molecule has 0 amide bonds. The first-order valence-electron chi connectivity index (χ1n) is 8.20. The molecule has 128 valence electrons. The highest BCUT2D eigenvalue weighted by atomic mass is 16.6. The smallest absolute Gasteiger partial charge is 0.303 e. The predicted molar refractivity (Wildman–Crippen MR) is 89.9 cm³/mol. The van der Waals surface area contributed by atoms with Crippen molar-refractivity contribution in [3.8, 4) is 0 Å². The molecule has 4 heteroatoms. The van der Waals surface area contributed by atoms with Gasteiger partial charge in [0.05, 0.1) is 6.20 Å². The minimum atomic E-state index is -0.328. The van der Waals surface area contributed by atoms with E-state index in [2.05, 4.69) is 25.8 Å². The van der Waals surface area contributed by atoms with Gasteiger partial charge in [-0.1, -0.05) is 27.2 Å². The van der Waals surface area contributed by atoms with Crippen LogP contribution in [-0.4, -0.2) is 16.6 Å². The molecule has 2 unspecified atom stereocenters. The van der Waals surface area contributed by atoms with Gasteiger partial charge in [-0.25, -0.2) is 4.98 Å². The molecule has 0 aromatic carbocycles. The van der Waals surface area contributed by atoms with Crippen LogP contribution in [0.25, 0.3) is 0 Å². The molecule has 0 aliphatic carbocycles. The van der Waals surface area contributed by atoms with Crippen LogP contribution in [-0.2, 0) is 9.53 Å². The summed E-state index contributed by atoms with van der Waals surface area (Å²) in [5.41, 5.74) is -0.328. The Hall–Kier alpha value is -1.32. The van der Waals surface area contributed by atoms with Gasteiger partial charge in [0, 0.05) is 12.8 Å². The van der Waals surface area contributed by atoms with Gasteiger partial charge in [-0.05, 0) is 46.5 Å². The molecule has 0 spiro atoms. The number of carbonyl (C=O) groups excluding carboxylic acids is 1. The van der Waals surface area contributed by atoms with Crippen molar-refractivity contribution in [1.29, 1.82) is 0 Å². The van der Waals surface area contributed by atoms with Crippen molar-refractivity contribution in [2.75, 3.05) is 0 Å². The molecule has 2 atom stereocenters. The summed E-state index contributed by atoms with van der Waals surface area (Å²) in [6.45, 7) is 15.6. The molecule has 0 fully saturated rings. The standard InChI is InChI=1S/C12H21NO.C6H12O2/c1-5-9(3)7-11(6-2)12-13-8-10(4)14-12;1-5(7)8-6(2,3)4/h8-9,11H,5-7H2,1-4H3;1-4H3. The largest absolute Gasteiger partial charge is 0.460 e. The summed E-state index contributed by atoms with van der Waals surface area (Å²) < 4.78 is 10.4. The lowest BCUT2D eigenvalue weighted by molar-refractivity contribution is -0.151. The van der Waals surface area contributed by atoms with E-state index in [-0.39, 0.29) is 11.6 Å². The SMILES string of the molecule is CC(=O)OC(C)(C)C.CCC(C)CC(CC)c1ncc(C)o1. The molecule has 0 saturated heterocycles. The topological polar surface area (TPSA) is 52.3 Å². The van der Waals surface area contributed by atoms with Crippen molar-refractivity contribution in [3.05, 3.63) is 17.8 Å². The Kier molecular flexibility index (Phi) is 9.07.